The van der Waals surface area contributed by atoms with Crippen LogP contribution in [0.1, 0.15) is 51.0 Å². The molecule has 2 unspecified atom stereocenters. The first-order valence-electron chi connectivity index (χ1n) is 8.19. The van der Waals surface area contributed by atoms with Crippen LogP contribution in [0.2, 0.25) is 0 Å². The Balaban J connectivity index is 1.83. The summed E-state index contributed by atoms with van der Waals surface area (Å²) in [6.45, 7) is 3.42. The Morgan fingerprint density at radius 1 is 1.15 bits per heavy atom. The minimum absolute atomic E-state index is 0.752. The molecule has 0 spiro atoms. The van der Waals surface area contributed by atoms with Gasteiger partial charge in [0.05, 0.1) is 7.11 Å². The summed E-state index contributed by atoms with van der Waals surface area (Å²) in [5, 5.41) is 3.76. The van der Waals surface area contributed by atoms with Gasteiger partial charge in [0, 0.05) is 6.04 Å². The molecule has 1 aromatic rings. The highest BCUT2D eigenvalue weighted by atomic mass is 16.5. The zero-order valence-electron chi connectivity index (χ0n) is 13.0. The van der Waals surface area contributed by atoms with Gasteiger partial charge in [-0.2, -0.15) is 0 Å². The number of rotatable bonds is 7. The van der Waals surface area contributed by atoms with Gasteiger partial charge in [0.2, 0.25) is 0 Å². The molecule has 0 amide bonds. The predicted molar refractivity (Wildman–Crippen MR) is 85.4 cm³/mol. The van der Waals surface area contributed by atoms with Crippen molar-refractivity contribution >= 4 is 0 Å². The van der Waals surface area contributed by atoms with Gasteiger partial charge in [-0.3, -0.25) is 0 Å². The summed E-state index contributed by atoms with van der Waals surface area (Å²) in [5.74, 6) is 1.81. The second kappa shape index (κ2) is 8.31. The second-order valence-electron chi connectivity index (χ2n) is 5.99. The lowest BCUT2D eigenvalue weighted by atomic mass is 9.81. The normalized spacial score (nSPS) is 22.7. The fraction of sp³-hybridized carbons (Fsp3) is 0.667. The van der Waals surface area contributed by atoms with Crippen LogP contribution in [0.4, 0.5) is 0 Å². The van der Waals surface area contributed by atoms with Gasteiger partial charge in [0.15, 0.2) is 0 Å². The average Bonchev–Trinajstić information content (AvgIpc) is 2.52. The van der Waals surface area contributed by atoms with E-state index in [1.807, 2.05) is 0 Å². The quantitative estimate of drug-likeness (QED) is 0.806. The van der Waals surface area contributed by atoms with Crippen molar-refractivity contribution in [3.8, 4) is 5.75 Å². The van der Waals surface area contributed by atoms with Gasteiger partial charge in [-0.1, -0.05) is 31.9 Å². The van der Waals surface area contributed by atoms with Gasteiger partial charge in [-0.05, 0) is 62.3 Å². The Bertz CT molecular complexity index is 374. The first-order chi connectivity index (χ1) is 9.83. The lowest BCUT2D eigenvalue weighted by Crippen LogP contribution is -2.39. The standard InChI is InChI=1S/C18H29NO/c1-3-14-19-18-7-5-4-6-16(18)11-8-15-9-12-17(20-2)13-10-15/h9-10,12-13,16,18-19H,3-8,11,14H2,1-2H3. The van der Waals surface area contributed by atoms with E-state index in [0.717, 1.165) is 17.7 Å². The molecule has 1 aromatic carbocycles. The molecule has 0 saturated heterocycles. The highest BCUT2D eigenvalue weighted by Crippen LogP contribution is 2.28. The first kappa shape index (κ1) is 15.4. The summed E-state index contributed by atoms with van der Waals surface area (Å²) < 4.78 is 5.21. The summed E-state index contributed by atoms with van der Waals surface area (Å²) in [7, 11) is 1.72. The fourth-order valence-electron chi connectivity index (χ4n) is 3.30. The first-order valence-corrected chi connectivity index (χ1v) is 8.19. The van der Waals surface area contributed by atoms with Crippen LogP contribution < -0.4 is 10.1 Å². The van der Waals surface area contributed by atoms with E-state index in [1.165, 1.54) is 57.1 Å². The van der Waals surface area contributed by atoms with Crippen LogP contribution in [0.15, 0.2) is 24.3 Å². The molecule has 0 bridgehead atoms. The van der Waals surface area contributed by atoms with Crippen molar-refractivity contribution in [2.24, 2.45) is 5.92 Å². The number of aryl methyl sites for hydroxylation is 1. The molecule has 1 N–H and O–H groups in total. The van der Waals surface area contributed by atoms with Gasteiger partial charge < -0.3 is 10.1 Å². The number of methoxy groups -OCH3 is 1. The van der Waals surface area contributed by atoms with E-state index >= 15 is 0 Å². The number of benzene rings is 1. The summed E-state index contributed by atoms with van der Waals surface area (Å²) in [5.41, 5.74) is 1.44. The molecule has 1 saturated carbocycles. The largest absolute Gasteiger partial charge is 0.497 e. The molecule has 2 heteroatoms. The Labute approximate surface area is 123 Å². The molecule has 0 radical (unpaired) electrons. The Morgan fingerprint density at radius 3 is 2.60 bits per heavy atom. The van der Waals surface area contributed by atoms with E-state index in [1.54, 1.807) is 7.11 Å². The van der Waals surface area contributed by atoms with Crippen LogP contribution in [0.3, 0.4) is 0 Å². The van der Waals surface area contributed by atoms with Crippen LogP contribution in [0.25, 0.3) is 0 Å². The fourth-order valence-corrected chi connectivity index (χ4v) is 3.30. The van der Waals surface area contributed by atoms with E-state index in [9.17, 15) is 0 Å². The van der Waals surface area contributed by atoms with Crippen molar-refractivity contribution < 1.29 is 4.74 Å². The third-order valence-electron chi connectivity index (χ3n) is 4.53. The van der Waals surface area contributed by atoms with Crippen molar-refractivity contribution in [1.29, 1.82) is 0 Å². The van der Waals surface area contributed by atoms with E-state index in [0.29, 0.717) is 0 Å². The monoisotopic (exact) mass is 275 g/mol. The van der Waals surface area contributed by atoms with Crippen LogP contribution in [0.5, 0.6) is 5.75 Å². The summed E-state index contributed by atoms with van der Waals surface area (Å²) in [6.07, 6.45) is 9.33. The molecule has 20 heavy (non-hydrogen) atoms. The summed E-state index contributed by atoms with van der Waals surface area (Å²) in [6, 6.07) is 9.31. The highest BCUT2D eigenvalue weighted by molar-refractivity contribution is 5.27. The molecule has 1 aliphatic rings. The Kier molecular flexibility index (Phi) is 6.38. The topological polar surface area (TPSA) is 21.3 Å². The maximum absolute atomic E-state index is 5.21. The maximum atomic E-state index is 5.21. The third kappa shape index (κ3) is 4.52. The number of nitrogens with one attached hydrogen (secondary N) is 1. The Morgan fingerprint density at radius 2 is 1.90 bits per heavy atom. The van der Waals surface area contributed by atoms with Crippen LogP contribution >= 0.6 is 0 Å². The predicted octanol–water partition coefficient (Wildman–Crippen LogP) is 4.19. The van der Waals surface area contributed by atoms with Crippen LogP contribution in [0, 0.1) is 5.92 Å². The van der Waals surface area contributed by atoms with Gasteiger partial charge in [0.1, 0.15) is 5.75 Å². The zero-order valence-corrected chi connectivity index (χ0v) is 13.0. The van der Waals surface area contributed by atoms with Crippen molar-refractivity contribution in [2.75, 3.05) is 13.7 Å². The molecule has 0 aromatic heterocycles. The van der Waals surface area contributed by atoms with Crippen molar-refractivity contribution in [3.63, 3.8) is 0 Å². The van der Waals surface area contributed by atoms with E-state index < -0.39 is 0 Å². The molecule has 0 aliphatic heterocycles. The highest BCUT2D eigenvalue weighted by Gasteiger charge is 2.23. The molecular weight excluding hydrogens is 246 g/mol. The molecule has 112 valence electrons. The van der Waals surface area contributed by atoms with Crippen molar-refractivity contribution in [1.82, 2.24) is 5.32 Å². The lowest BCUT2D eigenvalue weighted by molar-refractivity contribution is 0.250. The van der Waals surface area contributed by atoms with E-state index in [2.05, 4.69) is 36.5 Å². The van der Waals surface area contributed by atoms with Crippen molar-refractivity contribution in [3.05, 3.63) is 29.8 Å². The van der Waals surface area contributed by atoms with E-state index in [-0.39, 0.29) is 0 Å². The van der Waals surface area contributed by atoms with Gasteiger partial charge in [-0.25, -0.2) is 0 Å². The van der Waals surface area contributed by atoms with Crippen LogP contribution in [-0.2, 0) is 6.42 Å². The molecular formula is C18H29NO. The lowest BCUT2D eigenvalue weighted by Gasteiger charge is -2.32. The number of ether oxygens (including phenoxy) is 1. The Hall–Kier alpha value is -1.02. The molecule has 2 rings (SSSR count). The zero-order chi connectivity index (χ0) is 14.2. The van der Waals surface area contributed by atoms with E-state index in [4.69, 9.17) is 4.74 Å². The van der Waals surface area contributed by atoms with Crippen LogP contribution in [-0.4, -0.2) is 19.7 Å². The third-order valence-corrected chi connectivity index (χ3v) is 4.53. The average molecular weight is 275 g/mol. The molecule has 1 aliphatic carbocycles. The number of hydrogen-bond donors (Lipinski definition) is 1. The smallest absolute Gasteiger partial charge is 0.118 e. The van der Waals surface area contributed by atoms with Gasteiger partial charge in [0.25, 0.3) is 0 Å². The molecule has 2 atom stereocenters. The van der Waals surface area contributed by atoms with Gasteiger partial charge in [-0.15, -0.1) is 0 Å². The second-order valence-corrected chi connectivity index (χ2v) is 5.99. The molecule has 1 fully saturated rings. The molecule has 0 heterocycles. The molecule has 2 nitrogen and oxygen atoms in total. The maximum Gasteiger partial charge on any atom is 0.118 e. The minimum atomic E-state index is 0.752. The van der Waals surface area contributed by atoms with Gasteiger partial charge >= 0.3 is 0 Å². The van der Waals surface area contributed by atoms with Crippen molar-refractivity contribution in [2.45, 2.75) is 57.9 Å². The summed E-state index contributed by atoms with van der Waals surface area (Å²) in [4.78, 5) is 0. The summed E-state index contributed by atoms with van der Waals surface area (Å²) >= 11 is 0. The number of hydrogen-bond acceptors (Lipinski definition) is 2. The SMILES string of the molecule is CCCNC1CCCCC1CCc1ccc(OC)cc1. The minimum Gasteiger partial charge on any atom is -0.497 e.